The lowest BCUT2D eigenvalue weighted by Gasteiger charge is -2.18. The molecule has 28 heavy (non-hydrogen) atoms. The second-order valence-electron chi connectivity index (χ2n) is 6.84. The molecule has 1 fully saturated rings. The number of hydrogen-bond donors (Lipinski definition) is 2. The predicted molar refractivity (Wildman–Crippen MR) is 104 cm³/mol. The molecule has 6 nitrogen and oxygen atoms in total. The van der Waals surface area contributed by atoms with Gasteiger partial charge in [0.05, 0.1) is 26.7 Å². The summed E-state index contributed by atoms with van der Waals surface area (Å²) >= 11 is 0. The minimum atomic E-state index is -0.674. The second kappa shape index (κ2) is 6.74. The van der Waals surface area contributed by atoms with Crippen LogP contribution in [0.4, 0.5) is 10.1 Å². The lowest BCUT2D eigenvalue weighted by Crippen LogP contribution is -2.27. The number of carbonyl (C=O) groups excluding carboxylic acids is 1. The van der Waals surface area contributed by atoms with E-state index in [1.165, 1.54) is 33.5 Å². The smallest absolute Gasteiger partial charge is 0.235 e. The van der Waals surface area contributed by atoms with Crippen LogP contribution in [-0.2, 0) is 10.2 Å². The highest BCUT2D eigenvalue weighted by Gasteiger charge is 2.52. The van der Waals surface area contributed by atoms with Crippen molar-refractivity contribution in [1.29, 1.82) is 0 Å². The Morgan fingerprint density at radius 1 is 1.07 bits per heavy atom. The lowest BCUT2D eigenvalue weighted by molar-refractivity contribution is -0.118. The summed E-state index contributed by atoms with van der Waals surface area (Å²) in [5.74, 6) is 0.893. The molecule has 0 unspecified atom stereocenters. The van der Waals surface area contributed by atoms with Gasteiger partial charge in [0.25, 0.3) is 0 Å². The molecule has 7 heteroatoms. The van der Waals surface area contributed by atoms with Gasteiger partial charge in [-0.3, -0.25) is 4.79 Å². The summed E-state index contributed by atoms with van der Waals surface area (Å²) in [4.78, 5) is 16.3. The Balaban J connectivity index is 1.67. The highest BCUT2D eigenvalue weighted by molar-refractivity contribution is 6.04. The quantitative estimate of drug-likeness (QED) is 0.674. The van der Waals surface area contributed by atoms with Crippen LogP contribution in [0, 0.1) is 5.82 Å². The number of aromatic nitrogens is 1. The number of ether oxygens (including phenoxy) is 3. The van der Waals surface area contributed by atoms with Crippen LogP contribution in [-0.4, -0.2) is 32.2 Å². The number of anilines is 1. The van der Waals surface area contributed by atoms with Gasteiger partial charge < -0.3 is 24.5 Å². The Labute approximate surface area is 161 Å². The minimum Gasteiger partial charge on any atom is -0.493 e. The number of halogens is 1. The fourth-order valence-corrected chi connectivity index (χ4v) is 3.64. The highest BCUT2D eigenvalue weighted by Crippen LogP contribution is 2.51. The Hall–Kier alpha value is -3.22. The van der Waals surface area contributed by atoms with Gasteiger partial charge in [-0.25, -0.2) is 4.39 Å². The van der Waals surface area contributed by atoms with E-state index in [2.05, 4.69) is 10.3 Å². The number of amides is 1. The van der Waals surface area contributed by atoms with Crippen molar-refractivity contribution in [3.8, 4) is 17.2 Å². The number of methoxy groups -OCH3 is 3. The summed E-state index contributed by atoms with van der Waals surface area (Å²) in [7, 11) is 4.56. The van der Waals surface area contributed by atoms with Crippen molar-refractivity contribution in [2.45, 2.75) is 18.3 Å². The molecule has 0 saturated heterocycles. The van der Waals surface area contributed by atoms with Gasteiger partial charge in [0.1, 0.15) is 5.82 Å². The maximum Gasteiger partial charge on any atom is 0.235 e. The molecule has 1 aliphatic carbocycles. The zero-order valence-electron chi connectivity index (χ0n) is 15.9. The topological polar surface area (TPSA) is 72.6 Å². The van der Waals surface area contributed by atoms with Gasteiger partial charge in [-0.15, -0.1) is 0 Å². The van der Waals surface area contributed by atoms with E-state index in [1.54, 1.807) is 24.4 Å². The van der Waals surface area contributed by atoms with Crippen LogP contribution < -0.4 is 19.5 Å². The largest absolute Gasteiger partial charge is 0.493 e. The van der Waals surface area contributed by atoms with Crippen molar-refractivity contribution in [2.75, 3.05) is 26.6 Å². The van der Waals surface area contributed by atoms with Crippen LogP contribution in [0.2, 0.25) is 0 Å². The third kappa shape index (κ3) is 2.83. The molecule has 1 heterocycles. The first-order valence-electron chi connectivity index (χ1n) is 8.91. The van der Waals surface area contributed by atoms with Crippen molar-refractivity contribution in [1.82, 2.24) is 4.98 Å². The van der Waals surface area contributed by atoms with E-state index in [-0.39, 0.29) is 11.7 Å². The number of H-pyrrole nitrogens is 1. The van der Waals surface area contributed by atoms with Gasteiger partial charge in [-0.2, -0.15) is 0 Å². The predicted octanol–water partition coefficient (Wildman–Crippen LogP) is 4.00. The molecule has 4 rings (SSSR count). The normalized spacial score (nSPS) is 14.6. The molecule has 0 aliphatic heterocycles. The van der Waals surface area contributed by atoms with Gasteiger partial charge >= 0.3 is 0 Å². The molecule has 0 spiro atoms. The Kier molecular flexibility index (Phi) is 4.37. The Morgan fingerprint density at radius 3 is 2.32 bits per heavy atom. The van der Waals surface area contributed by atoms with E-state index in [4.69, 9.17) is 14.2 Å². The van der Waals surface area contributed by atoms with Crippen LogP contribution in [0.15, 0.2) is 36.5 Å². The van der Waals surface area contributed by atoms with Gasteiger partial charge in [-0.05, 0) is 36.6 Å². The molecule has 1 amide bonds. The summed E-state index contributed by atoms with van der Waals surface area (Å²) in [5, 5.41) is 3.68. The molecule has 146 valence electrons. The number of hydrogen-bond acceptors (Lipinski definition) is 4. The number of rotatable bonds is 6. The van der Waals surface area contributed by atoms with E-state index in [1.807, 2.05) is 0 Å². The Bertz CT molecular complexity index is 1030. The van der Waals surface area contributed by atoms with Crippen molar-refractivity contribution in [2.24, 2.45) is 0 Å². The molecule has 0 radical (unpaired) electrons. The van der Waals surface area contributed by atoms with Crippen molar-refractivity contribution >= 4 is 22.5 Å². The lowest BCUT2D eigenvalue weighted by atomic mass is 9.94. The van der Waals surface area contributed by atoms with Gasteiger partial charge in [-0.1, -0.05) is 0 Å². The second-order valence-corrected chi connectivity index (χ2v) is 6.84. The van der Waals surface area contributed by atoms with E-state index in [0.717, 1.165) is 16.5 Å². The average molecular weight is 384 g/mol. The maximum absolute atomic E-state index is 13.7. The molecule has 0 atom stereocenters. The van der Waals surface area contributed by atoms with Crippen LogP contribution >= 0.6 is 0 Å². The van der Waals surface area contributed by atoms with Crippen LogP contribution in [0.1, 0.15) is 18.4 Å². The number of aromatic amines is 1. The fourth-order valence-electron chi connectivity index (χ4n) is 3.64. The fraction of sp³-hybridized carbons (Fsp3) is 0.286. The van der Waals surface area contributed by atoms with Crippen LogP contribution in [0.25, 0.3) is 10.9 Å². The highest BCUT2D eigenvalue weighted by atomic mass is 19.1. The third-order valence-corrected chi connectivity index (χ3v) is 5.27. The van der Waals surface area contributed by atoms with E-state index >= 15 is 0 Å². The summed E-state index contributed by atoms with van der Waals surface area (Å²) in [5.41, 5.74) is 1.49. The molecule has 3 aromatic rings. The van der Waals surface area contributed by atoms with E-state index in [0.29, 0.717) is 35.8 Å². The first kappa shape index (κ1) is 18.2. The molecular formula is C21H21FN2O4. The van der Waals surface area contributed by atoms with Crippen molar-refractivity contribution in [3.05, 3.63) is 47.9 Å². The minimum absolute atomic E-state index is 0.146. The molecule has 1 aromatic heterocycles. The number of nitrogens with one attached hydrogen (secondary N) is 2. The monoisotopic (exact) mass is 384 g/mol. The molecular weight excluding hydrogens is 363 g/mol. The van der Waals surface area contributed by atoms with Gasteiger partial charge in [0.15, 0.2) is 11.5 Å². The SMILES string of the molecule is COc1cc(NC(=O)C2(c3c[nH]c4ccc(F)cc34)CC2)cc(OC)c1OC. The number of benzene rings is 2. The van der Waals surface area contributed by atoms with E-state index < -0.39 is 5.41 Å². The van der Waals surface area contributed by atoms with Crippen molar-refractivity contribution < 1.29 is 23.4 Å². The average Bonchev–Trinajstić information content (AvgIpc) is 3.41. The van der Waals surface area contributed by atoms with Crippen LogP contribution in [0.3, 0.4) is 0 Å². The summed E-state index contributed by atoms with van der Waals surface area (Å²) < 4.78 is 29.7. The van der Waals surface area contributed by atoms with Gasteiger partial charge in [0.2, 0.25) is 11.7 Å². The van der Waals surface area contributed by atoms with Crippen LogP contribution in [0.5, 0.6) is 17.2 Å². The summed E-state index contributed by atoms with van der Waals surface area (Å²) in [6, 6.07) is 7.92. The first-order chi connectivity index (χ1) is 13.5. The maximum atomic E-state index is 13.7. The van der Waals surface area contributed by atoms with E-state index in [9.17, 15) is 9.18 Å². The zero-order valence-corrected chi connectivity index (χ0v) is 15.9. The first-order valence-corrected chi connectivity index (χ1v) is 8.91. The number of carbonyl (C=O) groups is 1. The standard InChI is InChI=1S/C21H21FN2O4/c1-26-17-9-13(10-18(27-2)19(17)28-3)24-20(25)21(6-7-21)15-11-23-16-5-4-12(22)8-14(15)16/h4-5,8-11,23H,6-7H2,1-3H3,(H,24,25). The summed E-state index contributed by atoms with van der Waals surface area (Å²) in [6.45, 7) is 0. The molecule has 1 saturated carbocycles. The molecule has 1 aliphatic rings. The van der Waals surface area contributed by atoms with Crippen molar-refractivity contribution in [3.63, 3.8) is 0 Å². The molecule has 0 bridgehead atoms. The number of fused-ring (bicyclic) bond motifs is 1. The summed E-state index contributed by atoms with van der Waals surface area (Å²) in [6.07, 6.45) is 3.20. The zero-order chi connectivity index (χ0) is 19.9. The molecule has 2 N–H and O–H groups in total. The third-order valence-electron chi connectivity index (χ3n) is 5.27. The Morgan fingerprint density at radius 2 is 1.75 bits per heavy atom. The van der Waals surface area contributed by atoms with Gasteiger partial charge in [0, 0.05) is 34.9 Å². The molecule has 2 aromatic carbocycles.